The average Bonchev–Trinajstić information content (AvgIpc) is 3.06. The summed E-state index contributed by atoms with van der Waals surface area (Å²) >= 11 is 12.3. The van der Waals surface area contributed by atoms with Crippen molar-refractivity contribution in [2.45, 2.75) is 0 Å². The third kappa shape index (κ3) is 3.54. The Hall–Kier alpha value is -2.34. The standard InChI is InChI=1S/C18H15Cl2N3O2/c1-22(25-2)18(24)16-11-23(13-9-7-12(19)8-10-13)17(21-16)14-5-3-4-6-15(14)20/h3-11H,1-2H3. The summed E-state index contributed by atoms with van der Waals surface area (Å²) < 4.78 is 1.80. The van der Waals surface area contributed by atoms with Gasteiger partial charge in [0, 0.05) is 29.5 Å². The summed E-state index contributed by atoms with van der Waals surface area (Å²) in [5.41, 5.74) is 1.78. The number of hydrogen-bond donors (Lipinski definition) is 0. The lowest BCUT2D eigenvalue weighted by molar-refractivity contribution is -0.0760. The van der Waals surface area contributed by atoms with Crippen molar-refractivity contribution in [2.75, 3.05) is 14.2 Å². The number of carbonyl (C=O) groups excluding carboxylic acids is 1. The smallest absolute Gasteiger partial charge is 0.297 e. The van der Waals surface area contributed by atoms with E-state index in [-0.39, 0.29) is 11.6 Å². The van der Waals surface area contributed by atoms with Crippen LogP contribution in [0.5, 0.6) is 0 Å². The Morgan fingerprint density at radius 2 is 1.80 bits per heavy atom. The van der Waals surface area contributed by atoms with Gasteiger partial charge in [-0.05, 0) is 36.4 Å². The predicted octanol–water partition coefficient (Wildman–Crippen LogP) is 4.48. The Morgan fingerprint density at radius 1 is 1.12 bits per heavy atom. The molecule has 3 aromatic rings. The van der Waals surface area contributed by atoms with Gasteiger partial charge in [0.25, 0.3) is 5.91 Å². The summed E-state index contributed by atoms with van der Waals surface area (Å²) in [6.07, 6.45) is 1.65. The van der Waals surface area contributed by atoms with Crippen molar-refractivity contribution in [2.24, 2.45) is 0 Å². The third-order valence-corrected chi connectivity index (χ3v) is 4.29. The van der Waals surface area contributed by atoms with E-state index < -0.39 is 0 Å². The summed E-state index contributed by atoms with van der Waals surface area (Å²) in [7, 11) is 2.95. The number of imidazole rings is 1. The lowest BCUT2D eigenvalue weighted by Crippen LogP contribution is -2.25. The first kappa shape index (κ1) is 17.5. The minimum Gasteiger partial charge on any atom is -0.299 e. The zero-order chi connectivity index (χ0) is 18.0. The number of hydrogen-bond acceptors (Lipinski definition) is 3. The molecular formula is C18H15Cl2N3O2. The van der Waals surface area contributed by atoms with Crippen molar-refractivity contribution < 1.29 is 9.63 Å². The maximum atomic E-state index is 12.4. The zero-order valence-electron chi connectivity index (χ0n) is 13.6. The van der Waals surface area contributed by atoms with Crippen molar-refractivity contribution in [3.8, 4) is 17.1 Å². The molecule has 5 nitrogen and oxygen atoms in total. The van der Waals surface area contributed by atoms with E-state index >= 15 is 0 Å². The number of benzene rings is 2. The fraction of sp³-hybridized carbons (Fsp3) is 0.111. The molecule has 0 aliphatic rings. The molecule has 1 heterocycles. The SMILES string of the molecule is CON(C)C(=O)c1cn(-c2ccc(Cl)cc2)c(-c2ccccc2Cl)n1. The monoisotopic (exact) mass is 375 g/mol. The van der Waals surface area contributed by atoms with Gasteiger partial charge in [-0.25, -0.2) is 10.0 Å². The van der Waals surface area contributed by atoms with Crippen LogP contribution in [-0.4, -0.2) is 34.7 Å². The highest BCUT2D eigenvalue weighted by Crippen LogP contribution is 2.29. The Bertz CT molecular complexity index is 907. The molecule has 1 aromatic heterocycles. The molecule has 0 N–H and O–H groups in total. The number of hydroxylamine groups is 2. The molecule has 128 valence electrons. The Labute approximate surface area is 155 Å². The first-order chi connectivity index (χ1) is 12.0. The van der Waals surface area contributed by atoms with Crippen LogP contribution in [-0.2, 0) is 4.84 Å². The van der Waals surface area contributed by atoms with Crippen molar-refractivity contribution in [3.05, 3.63) is 70.5 Å². The summed E-state index contributed by atoms with van der Waals surface area (Å²) in [4.78, 5) is 21.9. The summed E-state index contributed by atoms with van der Waals surface area (Å²) in [5, 5.41) is 2.28. The van der Waals surface area contributed by atoms with E-state index in [0.717, 1.165) is 16.3 Å². The maximum absolute atomic E-state index is 12.4. The minimum absolute atomic E-state index is 0.245. The molecule has 0 atom stereocenters. The third-order valence-electron chi connectivity index (χ3n) is 3.70. The highest BCUT2D eigenvalue weighted by molar-refractivity contribution is 6.33. The first-order valence-corrected chi connectivity index (χ1v) is 8.19. The molecule has 0 saturated carbocycles. The van der Waals surface area contributed by atoms with Crippen LogP contribution in [0, 0.1) is 0 Å². The van der Waals surface area contributed by atoms with Gasteiger partial charge in [-0.3, -0.25) is 14.2 Å². The molecular weight excluding hydrogens is 361 g/mol. The highest BCUT2D eigenvalue weighted by atomic mass is 35.5. The molecule has 0 unspecified atom stereocenters. The predicted molar refractivity (Wildman–Crippen MR) is 98.1 cm³/mol. The van der Waals surface area contributed by atoms with Gasteiger partial charge in [0.05, 0.1) is 12.1 Å². The molecule has 25 heavy (non-hydrogen) atoms. The van der Waals surface area contributed by atoms with Crippen LogP contribution in [0.2, 0.25) is 10.0 Å². The molecule has 0 spiro atoms. The summed E-state index contributed by atoms with van der Waals surface area (Å²) in [6, 6.07) is 14.6. The van der Waals surface area contributed by atoms with Crippen LogP contribution in [0.15, 0.2) is 54.7 Å². The maximum Gasteiger partial charge on any atom is 0.297 e. The van der Waals surface area contributed by atoms with Crippen LogP contribution in [0.25, 0.3) is 17.1 Å². The van der Waals surface area contributed by atoms with E-state index in [2.05, 4.69) is 4.98 Å². The molecule has 7 heteroatoms. The van der Waals surface area contributed by atoms with Crippen LogP contribution in [0.3, 0.4) is 0 Å². The number of halogens is 2. The van der Waals surface area contributed by atoms with E-state index in [9.17, 15) is 4.79 Å². The van der Waals surface area contributed by atoms with Gasteiger partial charge in [-0.2, -0.15) is 0 Å². The Kier molecular flexibility index (Phi) is 5.08. The fourth-order valence-corrected chi connectivity index (χ4v) is 2.70. The molecule has 1 amide bonds. The second kappa shape index (κ2) is 7.27. The number of nitrogens with zero attached hydrogens (tertiary/aromatic N) is 3. The Balaban J connectivity index is 2.18. The highest BCUT2D eigenvalue weighted by Gasteiger charge is 2.20. The van der Waals surface area contributed by atoms with Gasteiger partial charge in [0.1, 0.15) is 11.5 Å². The second-order valence-electron chi connectivity index (χ2n) is 5.26. The van der Waals surface area contributed by atoms with E-state index in [1.54, 1.807) is 29.0 Å². The minimum atomic E-state index is -0.358. The van der Waals surface area contributed by atoms with Crippen LogP contribution in [0.1, 0.15) is 10.5 Å². The molecule has 0 fully saturated rings. The molecule has 2 aromatic carbocycles. The topological polar surface area (TPSA) is 47.4 Å². The van der Waals surface area contributed by atoms with Gasteiger partial charge < -0.3 is 0 Å². The van der Waals surface area contributed by atoms with Crippen molar-refractivity contribution in [1.82, 2.24) is 14.6 Å². The molecule has 0 aliphatic heterocycles. The zero-order valence-corrected chi connectivity index (χ0v) is 15.1. The van der Waals surface area contributed by atoms with E-state index in [0.29, 0.717) is 15.9 Å². The van der Waals surface area contributed by atoms with Gasteiger partial charge >= 0.3 is 0 Å². The number of carbonyl (C=O) groups is 1. The first-order valence-electron chi connectivity index (χ1n) is 7.43. The molecule has 0 radical (unpaired) electrons. The van der Waals surface area contributed by atoms with E-state index in [4.69, 9.17) is 28.0 Å². The lowest BCUT2D eigenvalue weighted by atomic mass is 10.2. The number of aromatic nitrogens is 2. The largest absolute Gasteiger partial charge is 0.299 e. The fourth-order valence-electron chi connectivity index (χ4n) is 2.36. The molecule has 0 saturated heterocycles. The van der Waals surface area contributed by atoms with Crippen molar-refractivity contribution >= 4 is 29.1 Å². The van der Waals surface area contributed by atoms with E-state index in [1.807, 2.05) is 30.3 Å². The van der Waals surface area contributed by atoms with Crippen LogP contribution >= 0.6 is 23.2 Å². The average molecular weight is 376 g/mol. The van der Waals surface area contributed by atoms with Gasteiger partial charge in [0.15, 0.2) is 0 Å². The number of rotatable bonds is 4. The second-order valence-corrected chi connectivity index (χ2v) is 6.10. The molecule has 0 bridgehead atoms. The van der Waals surface area contributed by atoms with Crippen LogP contribution < -0.4 is 0 Å². The van der Waals surface area contributed by atoms with Crippen molar-refractivity contribution in [1.29, 1.82) is 0 Å². The summed E-state index contributed by atoms with van der Waals surface area (Å²) in [5.74, 6) is 0.198. The van der Waals surface area contributed by atoms with Crippen molar-refractivity contribution in [3.63, 3.8) is 0 Å². The lowest BCUT2D eigenvalue weighted by Gasteiger charge is -2.11. The normalized spacial score (nSPS) is 10.7. The molecule has 0 aliphatic carbocycles. The van der Waals surface area contributed by atoms with Gasteiger partial charge in [0.2, 0.25) is 0 Å². The van der Waals surface area contributed by atoms with Gasteiger partial charge in [-0.1, -0.05) is 35.3 Å². The summed E-state index contributed by atoms with van der Waals surface area (Å²) in [6.45, 7) is 0. The van der Waals surface area contributed by atoms with E-state index in [1.165, 1.54) is 14.2 Å². The Morgan fingerprint density at radius 3 is 2.44 bits per heavy atom. The van der Waals surface area contributed by atoms with Gasteiger partial charge in [-0.15, -0.1) is 0 Å². The quantitative estimate of drug-likeness (QED) is 0.631. The number of amides is 1. The molecule has 3 rings (SSSR count). The van der Waals surface area contributed by atoms with Crippen LogP contribution in [0.4, 0.5) is 0 Å².